The van der Waals surface area contributed by atoms with Gasteiger partial charge in [-0.1, -0.05) is 24.3 Å². The van der Waals surface area contributed by atoms with Gasteiger partial charge in [-0.25, -0.2) is 4.68 Å². The van der Waals surface area contributed by atoms with Crippen LogP contribution in [-0.4, -0.2) is 56.8 Å². The van der Waals surface area contributed by atoms with Crippen LogP contribution >= 0.6 is 0 Å². The van der Waals surface area contributed by atoms with Gasteiger partial charge in [-0.05, 0) is 30.5 Å². The largest absolute Gasteiger partial charge is 0.492 e. The Balaban J connectivity index is 1.44. The summed E-state index contributed by atoms with van der Waals surface area (Å²) in [5, 5.41) is 18.4. The van der Waals surface area contributed by atoms with Crippen molar-refractivity contribution >= 4 is 0 Å². The van der Waals surface area contributed by atoms with Crippen LogP contribution < -0.4 is 4.74 Å². The lowest BCUT2D eigenvalue weighted by molar-refractivity contribution is 0.0271. The van der Waals surface area contributed by atoms with Gasteiger partial charge in [-0.15, -0.1) is 5.10 Å². The Hall–Kier alpha value is -1.92. The van der Waals surface area contributed by atoms with Gasteiger partial charge in [-0.2, -0.15) is 0 Å². The van der Waals surface area contributed by atoms with Crippen molar-refractivity contribution in [3.63, 3.8) is 0 Å². The lowest BCUT2D eigenvalue weighted by atomic mass is 10.0. The van der Waals surface area contributed by atoms with Gasteiger partial charge in [-0.3, -0.25) is 4.90 Å². The zero-order valence-electron chi connectivity index (χ0n) is 13.6. The van der Waals surface area contributed by atoms with E-state index >= 15 is 0 Å². The fourth-order valence-corrected chi connectivity index (χ4v) is 3.03. The fourth-order valence-electron chi connectivity index (χ4n) is 3.03. The Morgan fingerprint density at radius 2 is 2.30 bits per heavy atom. The number of aromatic nitrogens is 3. The van der Waals surface area contributed by atoms with Gasteiger partial charge in [0.05, 0.1) is 18.3 Å². The summed E-state index contributed by atoms with van der Waals surface area (Å²) in [4.78, 5) is 2.24. The van der Waals surface area contributed by atoms with Crippen molar-refractivity contribution in [3.05, 3.63) is 42.2 Å². The normalized spacial score (nSPS) is 21.7. The molecule has 23 heavy (non-hydrogen) atoms. The second kappa shape index (κ2) is 7.10. The molecule has 1 atom stereocenters. The lowest BCUT2D eigenvalue weighted by Gasteiger charge is -2.23. The Morgan fingerprint density at radius 3 is 3.09 bits per heavy atom. The fraction of sp³-hybridized carbons (Fsp3) is 0.529. The molecule has 6 heteroatoms. The summed E-state index contributed by atoms with van der Waals surface area (Å²) >= 11 is 0. The molecule has 2 aromatic rings. The molecule has 0 amide bonds. The third-order valence-electron chi connectivity index (χ3n) is 4.32. The van der Waals surface area contributed by atoms with E-state index in [2.05, 4.69) is 34.3 Å². The highest BCUT2D eigenvalue weighted by atomic mass is 16.5. The van der Waals surface area contributed by atoms with Crippen LogP contribution in [-0.2, 0) is 13.0 Å². The van der Waals surface area contributed by atoms with E-state index in [1.807, 2.05) is 12.1 Å². The quantitative estimate of drug-likeness (QED) is 0.835. The van der Waals surface area contributed by atoms with E-state index in [9.17, 15) is 5.11 Å². The first kappa shape index (κ1) is 16.0. The third kappa shape index (κ3) is 4.30. The predicted molar refractivity (Wildman–Crippen MR) is 87.3 cm³/mol. The number of hydrogen-bond donors (Lipinski definition) is 1. The van der Waals surface area contributed by atoms with E-state index in [1.54, 1.807) is 17.1 Å². The highest BCUT2D eigenvalue weighted by Gasteiger charge is 2.36. The summed E-state index contributed by atoms with van der Waals surface area (Å²) in [7, 11) is 0. The van der Waals surface area contributed by atoms with Crippen LogP contribution in [0.25, 0.3) is 0 Å². The number of aryl methyl sites for hydroxylation is 1. The number of benzene rings is 1. The number of likely N-dealkylation sites (tertiary alicyclic amines) is 1. The van der Waals surface area contributed by atoms with Crippen LogP contribution in [0.3, 0.4) is 0 Å². The van der Waals surface area contributed by atoms with E-state index in [-0.39, 0.29) is 0 Å². The molecule has 1 aromatic heterocycles. The highest BCUT2D eigenvalue weighted by molar-refractivity contribution is 5.28. The van der Waals surface area contributed by atoms with Gasteiger partial charge in [0.2, 0.25) is 0 Å². The molecule has 0 aliphatic carbocycles. The maximum absolute atomic E-state index is 10.6. The highest BCUT2D eigenvalue weighted by Crippen LogP contribution is 2.22. The molecule has 0 bridgehead atoms. The van der Waals surface area contributed by atoms with Crippen LogP contribution in [0.2, 0.25) is 0 Å². The predicted octanol–water partition coefficient (Wildman–Crippen LogP) is 1.36. The summed E-state index contributed by atoms with van der Waals surface area (Å²) in [6, 6.07) is 8.22. The first-order valence-electron chi connectivity index (χ1n) is 8.17. The molecule has 6 nitrogen and oxygen atoms in total. The van der Waals surface area contributed by atoms with Gasteiger partial charge in [0.25, 0.3) is 0 Å². The molecule has 1 fully saturated rings. The van der Waals surface area contributed by atoms with Crippen molar-refractivity contribution < 1.29 is 9.84 Å². The van der Waals surface area contributed by atoms with Crippen molar-refractivity contribution in [2.75, 3.05) is 26.2 Å². The molecule has 0 radical (unpaired) electrons. The van der Waals surface area contributed by atoms with Crippen molar-refractivity contribution in [1.82, 2.24) is 19.9 Å². The third-order valence-corrected chi connectivity index (χ3v) is 4.32. The summed E-state index contributed by atoms with van der Waals surface area (Å²) in [6.07, 6.45) is 5.18. The van der Waals surface area contributed by atoms with Gasteiger partial charge < -0.3 is 9.84 Å². The average Bonchev–Trinajstić information content (AvgIpc) is 3.18. The zero-order chi connectivity index (χ0) is 16.1. The molecule has 2 heterocycles. The molecule has 1 unspecified atom stereocenters. The molecule has 1 aliphatic rings. The Morgan fingerprint density at radius 1 is 1.39 bits per heavy atom. The second-order valence-corrected chi connectivity index (χ2v) is 6.20. The molecule has 3 rings (SSSR count). The van der Waals surface area contributed by atoms with Gasteiger partial charge in [0.1, 0.15) is 12.4 Å². The van der Waals surface area contributed by atoms with Gasteiger partial charge in [0, 0.05) is 25.8 Å². The summed E-state index contributed by atoms with van der Waals surface area (Å²) in [5.74, 6) is 0.918. The number of ether oxygens (including phenoxy) is 1. The molecular weight excluding hydrogens is 292 g/mol. The Bertz CT molecular complexity index is 617. The standard InChI is InChI=1S/C17H24N4O2/c1-2-15-4-3-5-16(12-15)23-11-10-20-8-6-17(22,13-20)14-21-9-7-18-19-21/h3-5,7,9,12,22H,2,6,8,10-11,13-14H2,1H3. The number of β-amino-alcohol motifs (C(OH)–C–C–N with tert-alkyl or cyclic N) is 1. The molecule has 0 saturated carbocycles. The Labute approximate surface area is 136 Å². The van der Waals surface area contributed by atoms with Crippen LogP contribution in [0, 0.1) is 0 Å². The minimum Gasteiger partial charge on any atom is -0.492 e. The van der Waals surface area contributed by atoms with E-state index in [4.69, 9.17) is 4.74 Å². The molecule has 1 saturated heterocycles. The zero-order valence-corrected chi connectivity index (χ0v) is 13.6. The minimum atomic E-state index is -0.726. The maximum atomic E-state index is 10.6. The first-order chi connectivity index (χ1) is 11.2. The average molecular weight is 316 g/mol. The SMILES string of the molecule is CCc1cccc(OCCN2CCC(O)(Cn3ccnn3)C2)c1. The van der Waals surface area contributed by atoms with Crippen molar-refractivity contribution in [2.24, 2.45) is 0 Å². The molecule has 0 spiro atoms. The number of rotatable bonds is 7. The van der Waals surface area contributed by atoms with E-state index in [0.29, 0.717) is 19.7 Å². The Kier molecular flexibility index (Phi) is 4.93. The molecule has 124 valence electrons. The minimum absolute atomic E-state index is 0.489. The van der Waals surface area contributed by atoms with E-state index < -0.39 is 5.60 Å². The van der Waals surface area contributed by atoms with Crippen molar-refractivity contribution in [1.29, 1.82) is 0 Å². The number of aliphatic hydroxyl groups is 1. The monoisotopic (exact) mass is 316 g/mol. The summed E-state index contributed by atoms with van der Waals surface area (Å²) < 4.78 is 7.52. The summed E-state index contributed by atoms with van der Waals surface area (Å²) in [5.41, 5.74) is 0.557. The smallest absolute Gasteiger partial charge is 0.119 e. The lowest BCUT2D eigenvalue weighted by Crippen LogP contribution is -2.38. The maximum Gasteiger partial charge on any atom is 0.119 e. The van der Waals surface area contributed by atoms with Crippen LogP contribution in [0.5, 0.6) is 5.75 Å². The van der Waals surface area contributed by atoms with E-state index in [0.717, 1.165) is 31.7 Å². The van der Waals surface area contributed by atoms with Crippen LogP contribution in [0.1, 0.15) is 18.9 Å². The van der Waals surface area contributed by atoms with E-state index in [1.165, 1.54) is 5.56 Å². The molecule has 1 N–H and O–H groups in total. The van der Waals surface area contributed by atoms with Crippen LogP contribution in [0.15, 0.2) is 36.7 Å². The molecule has 1 aliphatic heterocycles. The molecule has 1 aromatic carbocycles. The second-order valence-electron chi connectivity index (χ2n) is 6.20. The van der Waals surface area contributed by atoms with Crippen LogP contribution in [0.4, 0.5) is 0 Å². The van der Waals surface area contributed by atoms with Crippen molar-refractivity contribution in [3.8, 4) is 5.75 Å². The number of hydrogen-bond acceptors (Lipinski definition) is 5. The number of nitrogens with zero attached hydrogens (tertiary/aromatic N) is 4. The topological polar surface area (TPSA) is 63.4 Å². The summed E-state index contributed by atoms with van der Waals surface area (Å²) in [6.45, 7) is 5.60. The van der Waals surface area contributed by atoms with Gasteiger partial charge >= 0.3 is 0 Å². The van der Waals surface area contributed by atoms with Gasteiger partial charge in [0.15, 0.2) is 0 Å². The first-order valence-corrected chi connectivity index (χ1v) is 8.17. The molecular formula is C17H24N4O2. The van der Waals surface area contributed by atoms with Crippen molar-refractivity contribution in [2.45, 2.75) is 31.9 Å².